The van der Waals surface area contributed by atoms with Crippen LogP contribution in [0.2, 0.25) is 0 Å². The van der Waals surface area contributed by atoms with E-state index in [2.05, 4.69) is 33.4 Å². The summed E-state index contributed by atoms with van der Waals surface area (Å²) < 4.78 is 2.16. The average molecular weight is 381 g/mol. The van der Waals surface area contributed by atoms with Gasteiger partial charge in [-0.2, -0.15) is 0 Å². The molecule has 8 heteroatoms. The summed E-state index contributed by atoms with van der Waals surface area (Å²) in [6, 6.07) is 5.26. The molecule has 28 heavy (non-hydrogen) atoms. The number of nitrogens with one attached hydrogen (secondary N) is 2. The van der Waals surface area contributed by atoms with Gasteiger partial charge in [-0.05, 0) is 44.9 Å². The van der Waals surface area contributed by atoms with E-state index in [0.717, 1.165) is 18.7 Å². The highest BCUT2D eigenvalue weighted by Crippen LogP contribution is 2.28. The zero-order valence-electron chi connectivity index (χ0n) is 15.9. The van der Waals surface area contributed by atoms with Crippen molar-refractivity contribution in [1.82, 2.24) is 24.4 Å². The third-order valence-electron chi connectivity index (χ3n) is 5.30. The lowest BCUT2D eigenvalue weighted by atomic mass is 9.96. The number of carbonyl (C=O) groups excluding carboxylic acids is 1. The Morgan fingerprint density at radius 3 is 2.68 bits per heavy atom. The molecule has 8 nitrogen and oxygen atoms in total. The molecule has 1 aliphatic heterocycles. The van der Waals surface area contributed by atoms with E-state index in [0.29, 0.717) is 35.7 Å². The highest BCUT2D eigenvalue weighted by Gasteiger charge is 2.28. The van der Waals surface area contributed by atoms with Gasteiger partial charge in [0.25, 0.3) is 5.91 Å². The molecule has 1 atom stereocenters. The summed E-state index contributed by atoms with van der Waals surface area (Å²) in [6.45, 7) is 5.55. The average Bonchev–Trinajstić information content (AvgIpc) is 3.18. The largest absolute Gasteiger partial charge is 0.338 e. The Hall–Kier alpha value is -3.16. The molecule has 1 aromatic carbocycles. The number of imidazole rings is 1. The number of hydrogen-bond donors (Lipinski definition) is 2. The van der Waals surface area contributed by atoms with Crippen LogP contribution in [0, 0.1) is 0 Å². The number of amides is 1. The van der Waals surface area contributed by atoms with Crippen molar-refractivity contribution in [3.63, 3.8) is 0 Å². The minimum Gasteiger partial charge on any atom is -0.338 e. The summed E-state index contributed by atoms with van der Waals surface area (Å²) >= 11 is 0. The number of carbonyl (C=O) groups is 1. The summed E-state index contributed by atoms with van der Waals surface area (Å²) in [6.07, 6.45) is 5.72. The Bertz CT molecular complexity index is 1140. The first kappa shape index (κ1) is 18.2. The van der Waals surface area contributed by atoms with Gasteiger partial charge >= 0.3 is 11.1 Å². The molecule has 1 amide bonds. The van der Waals surface area contributed by atoms with Gasteiger partial charge in [-0.15, -0.1) is 0 Å². The van der Waals surface area contributed by atoms with Gasteiger partial charge in [0.05, 0.1) is 11.0 Å². The van der Waals surface area contributed by atoms with E-state index in [1.807, 2.05) is 17.3 Å². The molecule has 1 fully saturated rings. The Balaban J connectivity index is 1.60. The number of fused-ring (bicyclic) bond motifs is 1. The molecule has 2 aromatic heterocycles. The first-order valence-corrected chi connectivity index (χ1v) is 9.52. The van der Waals surface area contributed by atoms with E-state index in [9.17, 15) is 14.4 Å². The van der Waals surface area contributed by atoms with Gasteiger partial charge in [0.15, 0.2) is 0 Å². The van der Waals surface area contributed by atoms with Crippen molar-refractivity contribution in [2.24, 2.45) is 0 Å². The molecule has 0 spiro atoms. The third kappa shape index (κ3) is 3.26. The maximum absolute atomic E-state index is 13.1. The lowest BCUT2D eigenvalue weighted by Gasteiger charge is -2.33. The summed E-state index contributed by atoms with van der Waals surface area (Å²) in [5, 5.41) is 0. The van der Waals surface area contributed by atoms with Crippen molar-refractivity contribution in [1.29, 1.82) is 0 Å². The van der Waals surface area contributed by atoms with Crippen molar-refractivity contribution < 1.29 is 4.79 Å². The minimum atomic E-state index is -0.726. The maximum atomic E-state index is 13.1. The van der Waals surface area contributed by atoms with Crippen LogP contribution in [-0.2, 0) is 0 Å². The maximum Gasteiger partial charge on any atom is 0.314 e. The van der Waals surface area contributed by atoms with Crippen LogP contribution in [0.5, 0.6) is 0 Å². The van der Waals surface area contributed by atoms with Crippen LogP contribution in [-0.4, -0.2) is 43.4 Å². The Labute approximate surface area is 161 Å². The standard InChI is InChI=1S/C20H23N5O3/c1-12(2)25-9-7-21-17(25)14-4-3-8-24(11-14)20(28)13-5-6-15-16(10-13)23-19(27)18(26)22-15/h5-7,9-10,12,14H,3-4,8,11H2,1-2H3,(H,22,26)(H,23,27)/t14-/m0/s1. The fraction of sp³-hybridized carbons (Fsp3) is 0.400. The van der Waals surface area contributed by atoms with Gasteiger partial charge in [0.1, 0.15) is 5.82 Å². The SMILES string of the molecule is CC(C)n1ccnc1[C@H]1CCCN(C(=O)c2ccc3[nH]c(=O)c(=O)[nH]c3c2)C1. The fourth-order valence-corrected chi connectivity index (χ4v) is 3.88. The molecule has 0 unspecified atom stereocenters. The van der Waals surface area contributed by atoms with Crippen molar-refractivity contribution in [3.05, 3.63) is 62.7 Å². The monoisotopic (exact) mass is 381 g/mol. The second-order valence-corrected chi connectivity index (χ2v) is 7.55. The number of piperidine rings is 1. The molecule has 0 bridgehead atoms. The van der Waals surface area contributed by atoms with Crippen molar-refractivity contribution in [3.8, 4) is 0 Å². The number of aromatic amines is 2. The fourth-order valence-electron chi connectivity index (χ4n) is 3.88. The van der Waals surface area contributed by atoms with E-state index in [1.165, 1.54) is 0 Å². The smallest absolute Gasteiger partial charge is 0.314 e. The summed E-state index contributed by atoms with van der Waals surface area (Å²) in [5.74, 6) is 1.14. The number of H-pyrrole nitrogens is 2. The van der Waals surface area contributed by atoms with Gasteiger partial charge in [-0.1, -0.05) is 0 Å². The van der Waals surface area contributed by atoms with E-state index in [4.69, 9.17) is 0 Å². The normalized spacial score (nSPS) is 17.4. The quantitative estimate of drug-likeness (QED) is 0.677. The number of aromatic nitrogens is 4. The Morgan fingerprint density at radius 2 is 1.93 bits per heavy atom. The number of benzene rings is 1. The van der Waals surface area contributed by atoms with Crippen LogP contribution < -0.4 is 11.1 Å². The molecular formula is C20H23N5O3. The summed E-state index contributed by atoms with van der Waals surface area (Å²) in [4.78, 5) is 47.5. The van der Waals surface area contributed by atoms with Crippen LogP contribution in [0.4, 0.5) is 0 Å². The zero-order chi connectivity index (χ0) is 19.8. The number of rotatable bonds is 3. The van der Waals surface area contributed by atoms with Crippen molar-refractivity contribution >= 4 is 16.9 Å². The molecule has 3 heterocycles. The zero-order valence-corrected chi connectivity index (χ0v) is 15.9. The number of likely N-dealkylation sites (tertiary alicyclic amines) is 1. The highest BCUT2D eigenvalue weighted by atomic mass is 16.2. The van der Waals surface area contributed by atoms with Gasteiger partial charge in [0, 0.05) is 43.0 Å². The van der Waals surface area contributed by atoms with Crippen LogP contribution in [0.15, 0.2) is 40.2 Å². The predicted octanol–water partition coefficient (Wildman–Crippen LogP) is 2.01. The molecule has 0 aliphatic carbocycles. The van der Waals surface area contributed by atoms with E-state index in [-0.39, 0.29) is 11.8 Å². The lowest BCUT2D eigenvalue weighted by molar-refractivity contribution is 0.0703. The van der Waals surface area contributed by atoms with E-state index < -0.39 is 11.1 Å². The van der Waals surface area contributed by atoms with Gasteiger partial charge in [0.2, 0.25) is 0 Å². The van der Waals surface area contributed by atoms with Crippen molar-refractivity contribution in [2.45, 2.75) is 38.6 Å². The lowest BCUT2D eigenvalue weighted by Crippen LogP contribution is -2.40. The molecule has 1 saturated heterocycles. The minimum absolute atomic E-state index is 0.0821. The second kappa shape index (κ2) is 7.10. The van der Waals surface area contributed by atoms with Gasteiger partial charge in [-0.3, -0.25) is 14.4 Å². The van der Waals surface area contributed by atoms with E-state index in [1.54, 1.807) is 18.2 Å². The highest BCUT2D eigenvalue weighted by molar-refractivity contribution is 5.97. The van der Waals surface area contributed by atoms with Crippen LogP contribution >= 0.6 is 0 Å². The first-order chi connectivity index (χ1) is 13.4. The molecule has 0 radical (unpaired) electrons. The third-order valence-corrected chi connectivity index (χ3v) is 5.30. The first-order valence-electron chi connectivity index (χ1n) is 9.52. The Kier molecular flexibility index (Phi) is 4.62. The number of hydrogen-bond acceptors (Lipinski definition) is 4. The van der Waals surface area contributed by atoms with Crippen LogP contribution in [0.3, 0.4) is 0 Å². The van der Waals surface area contributed by atoms with Crippen molar-refractivity contribution in [2.75, 3.05) is 13.1 Å². The summed E-state index contributed by atoms with van der Waals surface area (Å²) in [7, 11) is 0. The number of nitrogens with zero attached hydrogens (tertiary/aromatic N) is 3. The van der Waals surface area contributed by atoms with E-state index >= 15 is 0 Å². The predicted molar refractivity (Wildman–Crippen MR) is 106 cm³/mol. The molecule has 146 valence electrons. The van der Waals surface area contributed by atoms with Gasteiger partial charge in [-0.25, -0.2) is 4.98 Å². The van der Waals surface area contributed by atoms with Crippen LogP contribution in [0.25, 0.3) is 11.0 Å². The molecule has 4 rings (SSSR count). The molecule has 1 aliphatic rings. The Morgan fingerprint density at radius 1 is 1.18 bits per heavy atom. The van der Waals surface area contributed by atoms with Crippen LogP contribution in [0.1, 0.15) is 54.8 Å². The second-order valence-electron chi connectivity index (χ2n) is 7.55. The van der Waals surface area contributed by atoms with Gasteiger partial charge < -0.3 is 19.4 Å². The molecular weight excluding hydrogens is 358 g/mol. The molecule has 2 N–H and O–H groups in total. The topological polar surface area (TPSA) is 104 Å². The molecule has 3 aromatic rings. The summed E-state index contributed by atoms with van der Waals surface area (Å²) in [5.41, 5.74) is 0.000743. The molecule has 0 saturated carbocycles.